The second-order valence-electron chi connectivity index (χ2n) is 7.38. The van der Waals surface area contributed by atoms with Crippen molar-refractivity contribution in [3.63, 3.8) is 0 Å². The largest absolute Gasteiger partial charge is 0.352 e. The normalized spacial score (nSPS) is 26.2. The summed E-state index contributed by atoms with van der Waals surface area (Å²) < 4.78 is 13.6. The Morgan fingerprint density at radius 2 is 2.00 bits per heavy atom. The summed E-state index contributed by atoms with van der Waals surface area (Å²) >= 11 is 0. The maximum atomic E-state index is 13.6. The summed E-state index contributed by atoms with van der Waals surface area (Å²) in [6.07, 6.45) is 9.41. The highest BCUT2D eigenvalue weighted by atomic mass is 19.1. The van der Waals surface area contributed by atoms with Crippen molar-refractivity contribution in [2.75, 3.05) is 6.54 Å². The molecule has 1 saturated heterocycles. The van der Waals surface area contributed by atoms with Crippen molar-refractivity contribution in [2.45, 2.75) is 76.4 Å². The molecule has 2 fully saturated rings. The standard InChI is InChI=1S/C20H29FN2O/c1-15(24)22-19-11-6-12-23(18-9-3-2-4-10-18)20(19)14-16-7-5-8-17(21)13-16/h5,7-8,13,18-20H,2-4,6,9-12,14H2,1H3,(H,22,24)/t19-,20-/m0/s1. The first kappa shape index (κ1) is 17.4. The molecule has 24 heavy (non-hydrogen) atoms. The molecule has 4 heteroatoms. The summed E-state index contributed by atoms with van der Waals surface area (Å²) in [7, 11) is 0. The van der Waals surface area contributed by atoms with Crippen LogP contribution in [0.1, 0.15) is 57.4 Å². The number of hydrogen-bond acceptors (Lipinski definition) is 2. The number of halogens is 1. The molecule has 0 aromatic heterocycles. The number of nitrogens with one attached hydrogen (secondary N) is 1. The van der Waals surface area contributed by atoms with Crippen molar-refractivity contribution in [1.29, 1.82) is 0 Å². The third-order valence-electron chi connectivity index (χ3n) is 5.59. The summed E-state index contributed by atoms with van der Waals surface area (Å²) in [6.45, 7) is 2.69. The molecule has 1 aromatic rings. The third-order valence-corrected chi connectivity index (χ3v) is 5.59. The molecule has 1 saturated carbocycles. The quantitative estimate of drug-likeness (QED) is 0.912. The van der Waals surface area contributed by atoms with Crippen LogP contribution in [0.15, 0.2) is 24.3 Å². The van der Waals surface area contributed by atoms with E-state index in [1.165, 1.54) is 38.2 Å². The molecule has 0 unspecified atom stereocenters. The first-order valence-corrected chi connectivity index (χ1v) is 9.41. The Balaban J connectivity index is 1.80. The van der Waals surface area contributed by atoms with Gasteiger partial charge in [-0.05, 0) is 56.3 Å². The number of carbonyl (C=O) groups is 1. The van der Waals surface area contributed by atoms with Gasteiger partial charge in [0.15, 0.2) is 0 Å². The number of rotatable bonds is 4. The number of carbonyl (C=O) groups excluding carboxylic acids is 1. The highest BCUT2D eigenvalue weighted by molar-refractivity contribution is 5.73. The summed E-state index contributed by atoms with van der Waals surface area (Å²) in [6, 6.07) is 7.98. The van der Waals surface area contributed by atoms with Crippen molar-refractivity contribution in [3.8, 4) is 0 Å². The summed E-state index contributed by atoms with van der Waals surface area (Å²) in [4.78, 5) is 14.3. The minimum Gasteiger partial charge on any atom is -0.352 e. The zero-order valence-corrected chi connectivity index (χ0v) is 14.6. The summed E-state index contributed by atoms with van der Waals surface area (Å²) in [5, 5.41) is 3.16. The molecule has 1 heterocycles. The molecule has 3 nitrogen and oxygen atoms in total. The van der Waals surface area contributed by atoms with Crippen LogP contribution in [-0.4, -0.2) is 35.5 Å². The first-order chi connectivity index (χ1) is 11.6. The molecule has 1 aliphatic heterocycles. The van der Waals surface area contributed by atoms with Gasteiger partial charge in [0.25, 0.3) is 0 Å². The molecule has 0 bridgehead atoms. The second kappa shape index (κ2) is 8.11. The van der Waals surface area contributed by atoms with Crippen LogP contribution in [0, 0.1) is 5.82 Å². The van der Waals surface area contributed by atoms with Gasteiger partial charge in [0.1, 0.15) is 5.82 Å². The molecule has 0 spiro atoms. The number of piperidine rings is 1. The van der Waals surface area contributed by atoms with Gasteiger partial charge >= 0.3 is 0 Å². The molecule has 2 aliphatic rings. The van der Waals surface area contributed by atoms with Gasteiger partial charge in [0.2, 0.25) is 5.91 Å². The predicted octanol–water partition coefficient (Wildman–Crippen LogP) is 3.67. The van der Waals surface area contributed by atoms with Crippen molar-refractivity contribution >= 4 is 5.91 Å². The molecule has 3 rings (SSSR count). The molecule has 1 aliphatic carbocycles. The zero-order valence-electron chi connectivity index (χ0n) is 14.6. The number of hydrogen-bond donors (Lipinski definition) is 1. The van der Waals surface area contributed by atoms with Gasteiger partial charge in [0.05, 0.1) is 0 Å². The van der Waals surface area contributed by atoms with Crippen molar-refractivity contribution in [3.05, 3.63) is 35.6 Å². The molecular formula is C20H29FN2O. The lowest BCUT2D eigenvalue weighted by Gasteiger charge is -2.47. The third kappa shape index (κ3) is 4.35. The predicted molar refractivity (Wildman–Crippen MR) is 94.3 cm³/mol. The van der Waals surface area contributed by atoms with E-state index >= 15 is 0 Å². The molecular weight excluding hydrogens is 303 g/mol. The van der Waals surface area contributed by atoms with E-state index < -0.39 is 0 Å². The Morgan fingerprint density at radius 3 is 2.71 bits per heavy atom. The van der Waals surface area contributed by atoms with Gasteiger partial charge in [-0.3, -0.25) is 9.69 Å². The van der Waals surface area contributed by atoms with E-state index in [0.29, 0.717) is 6.04 Å². The van der Waals surface area contributed by atoms with Crippen LogP contribution < -0.4 is 5.32 Å². The Morgan fingerprint density at radius 1 is 1.21 bits per heavy atom. The minimum atomic E-state index is -0.177. The lowest BCUT2D eigenvalue weighted by atomic mass is 9.85. The Hall–Kier alpha value is -1.42. The van der Waals surface area contributed by atoms with Gasteiger partial charge in [-0.25, -0.2) is 4.39 Å². The van der Waals surface area contributed by atoms with E-state index in [0.717, 1.165) is 31.4 Å². The maximum Gasteiger partial charge on any atom is 0.217 e. The fourth-order valence-corrected chi connectivity index (χ4v) is 4.54. The van der Waals surface area contributed by atoms with Gasteiger partial charge in [-0.2, -0.15) is 0 Å². The first-order valence-electron chi connectivity index (χ1n) is 9.41. The molecule has 0 radical (unpaired) electrons. The number of nitrogens with zero attached hydrogens (tertiary/aromatic N) is 1. The average molecular weight is 332 g/mol. The van der Waals surface area contributed by atoms with Gasteiger partial charge in [-0.15, -0.1) is 0 Å². The van der Waals surface area contributed by atoms with Crippen molar-refractivity contribution in [1.82, 2.24) is 10.2 Å². The van der Waals surface area contributed by atoms with E-state index in [-0.39, 0.29) is 23.8 Å². The zero-order chi connectivity index (χ0) is 16.9. The van der Waals surface area contributed by atoms with Crippen LogP contribution in [0.5, 0.6) is 0 Å². The fraction of sp³-hybridized carbons (Fsp3) is 0.650. The lowest BCUT2D eigenvalue weighted by Crippen LogP contribution is -2.59. The van der Waals surface area contributed by atoms with Crippen LogP contribution in [0.3, 0.4) is 0 Å². The van der Waals surface area contributed by atoms with Crippen molar-refractivity contribution < 1.29 is 9.18 Å². The van der Waals surface area contributed by atoms with Crippen molar-refractivity contribution in [2.24, 2.45) is 0 Å². The number of amides is 1. The fourth-order valence-electron chi connectivity index (χ4n) is 4.54. The maximum absolute atomic E-state index is 13.6. The highest BCUT2D eigenvalue weighted by Crippen LogP contribution is 2.30. The van der Waals surface area contributed by atoms with E-state index in [1.807, 2.05) is 6.07 Å². The van der Waals surface area contributed by atoms with Crippen LogP contribution in [0.25, 0.3) is 0 Å². The van der Waals surface area contributed by atoms with E-state index in [9.17, 15) is 9.18 Å². The Labute approximate surface area is 144 Å². The van der Waals surface area contributed by atoms with E-state index in [1.54, 1.807) is 19.1 Å². The molecule has 1 N–H and O–H groups in total. The van der Waals surface area contributed by atoms with E-state index in [4.69, 9.17) is 0 Å². The van der Waals surface area contributed by atoms with Crippen LogP contribution in [0.4, 0.5) is 4.39 Å². The SMILES string of the molecule is CC(=O)N[C@H]1CCCN(C2CCCCC2)[C@H]1Cc1cccc(F)c1. The molecule has 1 aromatic carbocycles. The van der Waals surface area contributed by atoms with E-state index in [2.05, 4.69) is 10.2 Å². The molecule has 2 atom stereocenters. The second-order valence-corrected chi connectivity index (χ2v) is 7.38. The Kier molecular flexibility index (Phi) is 5.88. The van der Waals surface area contributed by atoms with Crippen LogP contribution in [-0.2, 0) is 11.2 Å². The van der Waals surface area contributed by atoms with Gasteiger partial charge in [0, 0.05) is 25.0 Å². The van der Waals surface area contributed by atoms with Crippen LogP contribution in [0.2, 0.25) is 0 Å². The van der Waals surface area contributed by atoms with Crippen LogP contribution >= 0.6 is 0 Å². The highest BCUT2D eigenvalue weighted by Gasteiger charge is 2.36. The smallest absolute Gasteiger partial charge is 0.217 e. The minimum absolute atomic E-state index is 0.0368. The lowest BCUT2D eigenvalue weighted by molar-refractivity contribution is -0.120. The molecule has 132 valence electrons. The average Bonchev–Trinajstić information content (AvgIpc) is 2.57. The number of likely N-dealkylation sites (tertiary alicyclic amines) is 1. The topological polar surface area (TPSA) is 32.3 Å². The summed E-state index contributed by atoms with van der Waals surface area (Å²) in [5.41, 5.74) is 1.03. The van der Waals surface area contributed by atoms with Gasteiger partial charge in [-0.1, -0.05) is 31.4 Å². The molecule has 1 amide bonds. The monoisotopic (exact) mass is 332 g/mol. The summed E-state index contributed by atoms with van der Waals surface area (Å²) in [5.74, 6) is -0.140. The number of benzene rings is 1. The van der Waals surface area contributed by atoms with Gasteiger partial charge < -0.3 is 5.32 Å². The Bertz CT molecular complexity index is 556.